The van der Waals surface area contributed by atoms with Crippen LogP contribution in [0.3, 0.4) is 0 Å². The topological polar surface area (TPSA) is 71.6 Å². The zero-order valence-corrected chi connectivity index (χ0v) is 12.6. The lowest BCUT2D eigenvalue weighted by molar-refractivity contribution is 0.177. The smallest absolute Gasteiger partial charge is 0.161 e. The Hall–Kier alpha value is -1.75. The Balaban J connectivity index is 2.45. The van der Waals surface area contributed by atoms with Crippen LogP contribution in [0.5, 0.6) is 11.5 Å². The zero-order chi connectivity index (χ0) is 15.0. The van der Waals surface area contributed by atoms with E-state index in [2.05, 4.69) is 18.7 Å². The summed E-state index contributed by atoms with van der Waals surface area (Å²) < 4.78 is 11.0. The number of amidine groups is 1. The van der Waals surface area contributed by atoms with E-state index in [1.807, 2.05) is 24.3 Å². The molecule has 0 atom stereocenters. The van der Waals surface area contributed by atoms with E-state index in [0.29, 0.717) is 19.1 Å². The van der Waals surface area contributed by atoms with E-state index in [-0.39, 0.29) is 5.84 Å². The summed E-state index contributed by atoms with van der Waals surface area (Å²) in [5.41, 5.74) is 5.41. The molecule has 0 spiro atoms. The Kier molecular flexibility index (Phi) is 6.87. The van der Waals surface area contributed by atoms with Crippen LogP contribution < -0.4 is 15.2 Å². The van der Waals surface area contributed by atoms with Crippen LogP contribution >= 0.6 is 0 Å². The molecule has 3 N–H and O–H groups in total. The largest absolute Gasteiger partial charge is 0.493 e. The van der Waals surface area contributed by atoms with Gasteiger partial charge in [0.2, 0.25) is 0 Å². The monoisotopic (exact) mass is 279 g/mol. The number of ether oxygens (including phenoxy) is 2. The summed E-state index contributed by atoms with van der Waals surface area (Å²) in [7, 11) is 1.63. The van der Waals surface area contributed by atoms with Crippen molar-refractivity contribution in [2.75, 3.05) is 26.8 Å². The van der Waals surface area contributed by atoms with E-state index in [9.17, 15) is 0 Å². The highest BCUT2D eigenvalue weighted by molar-refractivity contribution is 5.76. The summed E-state index contributed by atoms with van der Waals surface area (Å²) in [6.45, 7) is 6.41. The molecular weight excluding hydrogens is 254 g/mol. The summed E-state index contributed by atoms with van der Waals surface area (Å²) in [5.74, 6) is 1.72. The molecule has 0 aliphatic heterocycles. The molecule has 0 bridgehead atoms. The highest BCUT2D eigenvalue weighted by Gasteiger charge is 2.10. The van der Waals surface area contributed by atoms with Gasteiger partial charge in [-0.1, -0.05) is 12.1 Å². The molecule has 5 nitrogen and oxygen atoms in total. The number of hydrogen-bond donors (Lipinski definition) is 2. The van der Waals surface area contributed by atoms with Crippen LogP contribution in [0.2, 0.25) is 0 Å². The van der Waals surface area contributed by atoms with E-state index >= 15 is 0 Å². The number of nitrogens with one attached hydrogen (secondary N) is 1. The predicted octanol–water partition coefficient (Wildman–Crippen LogP) is 2.11. The van der Waals surface area contributed by atoms with E-state index in [1.165, 1.54) is 0 Å². The van der Waals surface area contributed by atoms with Gasteiger partial charge in [-0.25, -0.2) is 0 Å². The van der Waals surface area contributed by atoms with Crippen LogP contribution in [0, 0.1) is 5.41 Å². The number of para-hydroxylation sites is 2. The quantitative estimate of drug-likeness (QED) is 0.536. The molecule has 0 saturated carbocycles. The van der Waals surface area contributed by atoms with Gasteiger partial charge in [0, 0.05) is 25.6 Å². The van der Waals surface area contributed by atoms with Gasteiger partial charge in [0.1, 0.15) is 6.61 Å². The molecule has 0 radical (unpaired) electrons. The number of methoxy groups -OCH3 is 1. The predicted molar refractivity (Wildman–Crippen MR) is 81.7 cm³/mol. The number of hydrogen-bond acceptors (Lipinski definition) is 4. The Morgan fingerprint density at radius 1 is 1.25 bits per heavy atom. The Morgan fingerprint density at radius 2 is 1.90 bits per heavy atom. The van der Waals surface area contributed by atoms with Crippen molar-refractivity contribution >= 4 is 5.84 Å². The van der Waals surface area contributed by atoms with Crippen LogP contribution in [-0.4, -0.2) is 43.6 Å². The minimum atomic E-state index is 0.223. The second-order valence-corrected chi connectivity index (χ2v) is 4.90. The third-order valence-corrected chi connectivity index (χ3v) is 3.10. The first-order valence-electron chi connectivity index (χ1n) is 6.87. The van der Waals surface area contributed by atoms with Gasteiger partial charge in [0.25, 0.3) is 0 Å². The molecule has 0 saturated heterocycles. The Morgan fingerprint density at radius 3 is 2.45 bits per heavy atom. The molecule has 20 heavy (non-hydrogen) atoms. The van der Waals surface area contributed by atoms with Crippen molar-refractivity contribution in [3.63, 3.8) is 0 Å². The van der Waals surface area contributed by atoms with Gasteiger partial charge in [-0.15, -0.1) is 0 Å². The van der Waals surface area contributed by atoms with Gasteiger partial charge in [-0.3, -0.25) is 10.3 Å². The van der Waals surface area contributed by atoms with Crippen molar-refractivity contribution < 1.29 is 9.47 Å². The lowest BCUT2D eigenvalue weighted by Crippen LogP contribution is -2.36. The summed E-state index contributed by atoms with van der Waals surface area (Å²) in [5, 5.41) is 7.30. The van der Waals surface area contributed by atoms with Gasteiger partial charge in [0.15, 0.2) is 11.5 Å². The molecule has 112 valence electrons. The molecule has 0 aromatic heterocycles. The lowest BCUT2D eigenvalue weighted by atomic mass is 10.2. The highest BCUT2D eigenvalue weighted by Crippen LogP contribution is 2.25. The third kappa shape index (κ3) is 5.48. The lowest BCUT2D eigenvalue weighted by Gasteiger charge is -2.26. The Labute approximate surface area is 121 Å². The molecule has 1 aromatic carbocycles. The maximum Gasteiger partial charge on any atom is 0.161 e. The number of nitrogens with zero attached hydrogens (tertiary/aromatic N) is 1. The SMILES string of the molecule is COc1ccccc1OCCN(CCC(=N)N)C(C)C. The average Bonchev–Trinajstić information content (AvgIpc) is 2.42. The normalized spacial score (nSPS) is 10.8. The van der Waals surface area contributed by atoms with Crippen LogP contribution in [-0.2, 0) is 0 Å². The van der Waals surface area contributed by atoms with Gasteiger partial charge in [-0.2, -0.15) is 0 Å². The second kappa shape index (κ2) is 8.43. The molecule has 0 fully saturated rings. The van der Waals surface area contributed by atoms with Crippen LogP contribution in [0.25, 0.3) is 0 Å². The molecule has 0 aliphatic rings. The average molecular weight is 279 g/mol. The summed E-state index contributed by atoms with van der Waals surface area (Å²) in [6.07, 6.45) is 0.590. The van der Waals surface area contributed by atoms with E-state index in [1.54, 1.807) is 7.11 Å². The molecule has 0 unspecified atom stereocenters. The van der Waals surface area contributed by atoms with Crippen molar-refractivity contribution in [1.82, 2.24) is 4.90 Å². The fourth-order valence-corrected chi connectivity index (χ4v) is 1.90. The summed E-state index contributed by atoms with van der Waals surface area (Å²) >= 11 is 0. The van der Waals surface area contributed by atoms with Crippen LogP contribution in [0.1, 0.15) is 20.3 Å². The fourth-order valence-electron chi connectivity index (χ4n) is 1.90. The second-order valence-electron chi connectivity index (χ2n) is 4.90. The van der Waals surface area contributed by atoms with Gasteiger partial charge in [0.05, 0.1) is 12.9 Å². The zero-order valence-electron chi connectivity index (χ0n) is 12.6. The van der Waals surface area contributed by atoms with Crippen LogP contribution in [0.15, 0.2) is 24.3 Å². The number of nitrogens with two attached hydrogens (primary N) is 1. The first-order chi connectivity index (χ1) is 9.54. The van der Waals surface area contributed by atoms with Crippen molar-refractivity contribution in [3.05, 3.63) is 24.3 Å². The molecule has 5 heteroatoms. The summed E-state index contributed by atoms with van der Waals surface area (Å²) in [4.78, 5) is 2.25. The summed E-state index contributed by atoms with van der Waals surface area (Å²) in [6, 6.07) is 8.02. The maximum atomic E-state index is 7.30. The van der Waals surface area contributed by atoms with Gasteiger partial charge in [-0.05, 0) is 26.0 Å². The fraction of sp³-hybridized carbons (Fsp3) is 0.533. The molecular formula is C15H25N3O2. The Bertz CT molecular complexity index is 421. The molecule has 0 aliphatic carbocycles. The van der Waals surface area contributed by atoms with Crippen molar-refractivity contribution in [2.45, 2.75) is 26.3 Å². The molecule has 1 rings (SSSR count). The molecule has 0 amide bonds. The first kappa shape index (κ1) is 16.3. The third-order valence-electron chi connectivity index (χ3n) is 3.10. The van der Waals surface area contributed by atoms with E-state index < -0.39 is 0 Å². The van der Waals surface area contributed by atoms with Gasteiger partial charge < -0.3 is 15.2 Å². The minimum absolute atomic E-state index is 0.223. The number of benzene rings is 1. The van der Waals surface area contributed by atoms with E-state index in [0.717, 1.165) is 24.6 Å². The first-order valence-corrected chi connectivity index (χ1v) is 6.87. The number of rotatable bonds is 9. The highest BCUT2D eigenvalue weighted by atomic mass is 16.5. The van der Waals surface area contributed by atoms with Crippen molar-refractivity contribution in [1.29, 1.82) is 5.41 Å². The van der Waals surface area contributed by atoms with Gasteiger partial charge >= 0.3 is 0 Å². The minimum Gasteiger partial charge on any atom is -0.493 e. The van der Waals surface area contributed by atoms with Crippen molar-refractivity contribution in [3.8, 4) is 11.5 Å². The van der Waals surface area contributed by atoms with Crippen molar-refractivity contribution in [2.24, 2.45) is 5.73 Å². The molecule has 0 heterocycles. The van der Waals surface area contributed by atoms with Crippen LogP contribution in [0.4, 0.5) is 0 Å². The van der Waals surface area contributed by atoms with E-state index in [4.69, 9.17) is 20.6 Å². The molecule has 1 aromatic rings. The standard InChI is InChI=1S/C15H25N3O2/c1-12(2)18(9-8-15(16)17)10-11-20-14-7-5-4-6-13(14)19-3/h4-7,12H,8-11H2,1-3H3,(H3,16,17). The maximum absolute atomic E-state index is 7.30.